The molecule has 0 aromatic rings. The summed E-state index contributed by atoms with van der Waals surface area (Å²) in [7, 11) is 1.13. The van der Waals surface area contributed by atoms with Gasteiger partial charge in [-0.2, -0.15) is 13.2 Å². The van der Waals surface area contributed by atoms with Gasteiger partial charge in [-0.25, -0.2) is 9.59 Å². The predicted octanol–water partition coefficient (Wildman–Crippen LogP) is 0.132. The average Bonchev–Trinajstić information content (AvgIpc) is 2.34. The van der Waals surface area contributed by atoms with Crippen LogP contribution in [0.1, 0.15) is 0 Å². The molecule has 9 heteroatoms. The minimum absolute atomic E-state index is 0.0312. The number of amides is 2. The zero-order valence-corrected chi connectivity index (χ0v) is 9.62. The quantitative estimate of drug-likeness (QED) is 0.724. The van der Waals surface area contributed by atoms with Crippen LogP contribution in [0.3, 0.4) is 0 Å². The summed E-state index contributed by atoms with van der Waals surface area (Å²) in [5.74, 6) is -0.725. The van der Waals surface area contributed by atoms with Crippen molar-refractivity contribution in [1.82, 2.24) is 10.2 Å². The van der Waals surface area contributed by atoms with Gasteiger partial charge in [-0.05, 0) is 0 Å². The van der Waals surface area contributed by atoms with Crippen molar-refractivity contribution in [3.63, 3.8) is 0 Å². The second-order valence-electron chi connectivity index (χ2n) is 3.58. The fourth-order valence-electron chi connectivity index (χ4n) is 1.46. The molecule has 0 bridgehead atoms. The van der Waals surface area contributed by atoms with Gasteiger partial charge in [0.2, 0.25) is 0 Å². The molecule has 1 unspecified atom stereocenters. The van der Waals surface area contributed by atoms with E-state index in [9.17, 15) is 22.8 Å². The van der Waals surface area contributed by atoms with Crippen LogP contribution < -0.4 is 5.32 Å². The number of alkyl halides is 3. The van der Waals surface area contributed by atoms with E-state index in [1.54, 1.807) is 5.32 Å². The molecule has 1 aliphatic rings. The van der Waals surface area contributed by atoms with E-state index in [1.807, 2.05) is 0 Å². The normalized spacial score (nSPS) is 20.4. The molecule has 1 fully saturated rings. The van der Waals surface area contributed by atoms with Crippen LogP contribution in [0.15, 0.2) is 0 Å². The molecular formula is C9H13F3N2O4. The molecule has 2 amide bonds. The fourth-order valence-corrected chi connectivity index (χ4v) is 1.46. The van der Waals surface area contributed by atoms with E-state index in [1.165, 1.54) is 0 Å². The summed E-state index contributed by atoms with van der Waals surface area (Å²) in [5.41, 5.74) is 0. The Bertz CT molecular complexity index is 321. The lowest BCUT2D eigenvalue weighted by Gasteiger charge is -2.33. The zero-order valence-electron chi connectivity index (χ0n) is 9.62. The molecule has 0 spiro atoms. The number of nitrogens with one attached hydrogen (secondary N) is 1. The van der Waals surface area contributed by atoms with Gasteiger partial charge in [0.25, 0.3) is 0 Å². The predicted molar refractivity (Wildman–Crippen MR) is 52.8 cm³/mol. The Hall–Kier alpha value is -1.51. The molecule has 0 aromatic carbocycles. The molecule has 1 heterocycles. The summed E-state index contributed by atoms with van der Waals surface area (Å²) in [6.07, 6.45) is -4.50. The Morgan fingerprint density at radius 3 is 2.72 bits per heavy atom. The van der Waals surface area contributed by atoms with E-state index in [0.29, 0.717) is 0 Å². The van der Waals surface area contributed by atoms with Crippen LogP contribution in [0, 0.1) is 0 Å². The summed E-state index contributed by atoms with van der Waals surface area (Å²) in [5, 5.41) is 1.70. The number of carbonyl (C=O) groups is 2. The van der Waals surface area contributed by atoms with Gasteiger partial charge in [-0.3, -0.25) is 0 Å². The van der Waals surface area contributed by atoms with Gasteiger partial charge in [0, 0.05) is 6.54 Å². The third kappa shape index (κ3) is 4.06. The number of nitrogens with zero attached hydrogens (tertiary/aromatic N) is 1. The number of hydrogen-bond acceptors (Lipinski definition) is 4. The van der Waals surface area contributed by atoms with Gasteiger partial charge in [-0.1, -0.05) is 0 Å². The Balaban J connectivity index is 2.60. The molecule has 18 heavy (non-hydrogen) atoms. The van der Waals surface area contributed by atoms with Crippen LogP contribution in [-0.4, -0.2) is 62.5 Å². The molecule has 0 saturated carbocycles. The lowest BCUT2D eigenvalue weighted by Crippen LogP contribution is -2.56. The first-order chi connectivity index (χ1) is 8.35. The minimum Gasteiger partial charge on any atom is -0.467 e. The first-order valence-corrected chi connectivity index (χ1v) is 5.12. The maximum atomic E-state index is 12.0. The summed E-state index contributed by atoms with van der Waals surface area (Å²) in [4.78, 5) is 23.8. The summed E-state index contributed by atoms with van der Waals surface area (Å²) < 4.78 is 45.3. The Labute approximate surface area is 101 Å². The number of methoxy groups -OCH3 is 1. The number of rotatable bonds is 2. The van der Waals surface area contributed by atoms with Gasteiger partial charge in [0.1, 0.15) is 6.54 Å². The highest BCUT2D eigenvalue weighted by Gasteiger charge is 2.35. The second kappa shape index (κ2) is 5.89. The van der Waals surface area contributed by atoms with Gasteiger partial charge in [0.05, 0.1) is 20.3 Å². The van der Waals surface area contributed by atoms with Crippen LogP contribution >= 0.6 is 0 Å². The van der Waals surface area contributed by atoms with Crippen molar-refractivity contribution in [3.05, 3.63) is 0 Å². The SMILES string of the molecule is COC(=O)C1COCCN1C(=O)NCC(F)(F)F. The molecule has 1 aliphatic heterocycles. The lowest BCUT2D eigenvalue weighted by molar-refractivity contribution is -0.151. The fraction of sp³-hybridized carbons (Fsp3) is 0.778. The summed E-state index contributed by atoms with van der Waals surface area (Å²) >= 11 is 0. The smallest absolute Gasteiger partial charge is 0.405 e. The number of ether oxygens (including phenoxy) is 2. The molecule has 1 rings (SSSR count). The van der Waals surface area contributed by atoms with E-state index < -0.39 is 30.8 Å². The molecule has 1 N–H and O–H groups in total. The van der Waals surface area contributed by atoms with Crippen molar-refractivity contribution >= 4 is 12.0 Å². The minimum atomic E-state index is -4.50. The lowest BCUT2D eigenvalue weighted by atomic mass is 10.2. The van der Waals surface area contributed by atoms with Crippen LogP contribution in [0.5, 0.6) is 0 Å². The third-order valence-electron chi connectivity index (χ3n) is 2.30. The second-order valence-corrected chi connectivity index (χ2v) is 3.58. The maximum Gasteiger partial charge on any atom is 0.405 e. The molecule has 6 nitrogen and oxygen atoms in total. The summed E-state index contributed by atoms with van der Waals surface area (Å²) in [6.45, 7) is -1.35. The Kier molecular flexibility index (Phi) is 4.76. The Morgan fingerprint density at radius 1 is 1.50 bits per heavy atom. The van der Waals surface area contributed by atoms with E-state index in [-0.39, 0.29) is 19.8 Å². The average molecular weight is 270 g/mol. The Morgan fingerprint density at radius 2 is 2.17 bits per heavy atom. The highest BCUT2D eigenvalue weighted by atomic mass is 19.4. The number of hydrogen-bond donors (Lipinski definition) is 1. The van der Waals surface area contributed by atoms with E-state index in [2.05, 4.69) is 4.74 Å². The molecular weight excluding hydrogens is 257 g/mol. The largest absolute Gasteiger partial charge is 0.467 e. The molecule has 0 radical (unpaired) electrons. The van der Waals surface area contributed by atoms with Crippen LogP contribution in [0.4, 0.5) is 18.0 Å². The van der Waals surface area contributed by atoms with Gasteiger partial charge < -0.3 is 19.7 Å². The van der Waals surface area contributed by atoms with Crippen LogP contribution in [-0.2, 0) is 14.3 Å². The van der Waals surface area contributed by atoms with Crippen LogP contribution in [0.25, 0.3) is 0 Å². The van der Waals surface area contributed by atoms with Gasteiger partial charge in [-0.15, -0.1) is 0 Å². The van der Waals surface area contributed by atoms with Crippen molar-refractivity contribution in [2.45, 2.75) is 12.2 Å². The van der Waals surface area contributed by atoms with Crippen LogP contribution in [0.2, 0.25) is 0 Å². The third-order valence-corrected chi connectivity index (χ3v) is 2.30. The molecule has 0 aromatic heterocycles. The zero-order chi connectivity index (χ0) is 13.8. The van der Waals surface area contributed by atoms with E-state index in [4.69, 9.17) is 4.74 Å². The number of halogens is 3. The van der Waals surface area contributed by atoms with Gasteiger partial charge >= 0.3 is 18.2 Å². The van der Waals surface area contributed by atoms with Crippen molar-refractivity contribution in [1.29, 1.82) is 0 Å². The molecule has 1 atom stereocenters. The topological polar surface area (TPSA) is 67.9 Å². The van der Waals surface area contributed by atoms with E-state index >= 15 is 0 Å². The summed E-state index contributed by atoms with van der Waals surface area (Å²) in [6, 6.07) is -1.98. The number of urea groups is 1. The monoisotopic (exact) mass is 270 g/mol. The standard InChI is InChI=1S/C9H13F3N2O4/c1-17-7(15)6-4-18-3-2-14(6)8(16)13-5-9(10,11)12/h6H,2-5H2,1H3,(H,13,16). The highest BCUT2D eigenvalue weighted by molar-refractivity contribution is 5.84. The molecule has 0 aliphatic carbocycles. The van der Waals surface area contributed by atoms with Crippen molar-refractivity contribution < 1.29 is 32.2 Å². The highest BCUT2D eigenvalue weighted by Crippen LogP contribution is 2.13. The van der Waals surface area contributed by atoms with Gasteiger partial charge in [0.15, 0.2) is 6.04 Å². The van der Waals surface area contributed by atoms with Crippen molar-refractivity contribution in [2.24, 2.45) is 0 Å². The number of carbonyl (C=O) groups excluding carboxylic acids is 2. The first-order valence-electron chi connectivity index (χ1n) is 5.12. The van der Waals surface area contributed by atoms with E-state index in [0.717, 1.165) is 12.0 Å². The van der Waals surface area contributed by atoms with Crippen molar-refractivity contribution in [3.8, 4) is 0 Å². The molecule has 104 valence electrons. The molecule has 1 saturated heterocycles. The number of morpholine rings is 1. The first kappa shape index (κ1) is 14.6. The van der Waals surface area contributed by atoms with Crippen molar-refractivity contribution in [2.75, 3.05) is 33.4 Å². The number of esters is 1. The maximum absolute atomic E-state index is 12.0.